The summed E-state index contributed by atoms with van der Waals surface area (Å²) in [5.41, 5.74) is 1.68. The second kappa shape index (κ2) is 3.75. The highest BCUT2D eigenvalue weighted by Crippen LogP contribution is 2.19. The molecule has 0 saturated carbocycles. The lowest BCUT2D eigenvalue weighted by Gasteiger charge is -2.29. The van der Waals surface area contributed by atoms with Gasteiger partial charge in [-0.1, -0.05) is 0 Å². The maximum atomic E-state index is 9.62. The Hall–Kier alpha value is -1.62. The SMILES string of the molecule is O[C@@H]1CCCN(c2nc3ncccc3[nH]2)C1. The number of fused-ring (bicyclic) bond motifs is 1. The van der Waals surface area contributed by atoms with E-state index in [0.717, 1.165) is 36.5 Å². The number of anilines is 1. The minimum atomic E-state index is -0.241. The Bertz CT molecular complexity index is 462. The summed E-state index contributed by atoms with van der Waals surface area (Å²) in [6.45, 7) is 1.59. The van der Waals surface area contributed by atoms with Crippen LogP contribution >= 0.6 is 0 Å². The van der Waals surface area contributed by atoms with Crippen molar-refractivity contribution in [1.82, 2.24) is 15.0 Å². The lowest BCUT2D eigenvalue weighted by atomic mass is 10.1. The van der Waals surface area contributed by atoms with Gasteiger partial charge in [-0.05, 0) is 25.0 Å². The third-order valence-corrected chi connectivity index (χ3v) is 2.94. The van der Waals surface area contributed by atoms with Gasteiger partial charge < -0.3 is 15.0 Å². The third kappa shape index (κ3) is 1.63. The van der Waals surface area contributed by atoms with Crippen LogP contribution < -0.4 is 4.90 Å². The van der Waals surface area contributed by atoms with Crippen LogP contribution in [0.3, 0.4) is 0 Å². The number of H-pyrrole nitrogens is 1. The molecular formula is C11H14N4O. The fourth-order valence-electron chi connectivity index (χ4n) is 2.13. The summed E-state index contributed by atoms with van der Waals surface area (Å²) in [5.74, 6) is 0.812. The Kier molecular flexibility index (Phi) is 2.25. The van der Waals surface area contributed by atoms with Crippen molar-refractivity contribution in [2.24, 2.45) is 0 Å². The second-order valence-corrected chi connectivity index (χ2v) is 4.18. The normalized spacial score (nSPS) is 21.6. The Morgan fingerprint density at radius 1 is 1.50 bits per heavy atom. The molecule has 0 bridgehead atoms. The molecule has 0 amide bonds. The molecule has 1 saturated heterocycles. The summed E-state index contributed by atoms with van der Waals surface area (Å²) in [5, 5.41) is 9.62. The zero-order valence-electron chi connectivity index (χ0n) is 8.93. The van der Waals surface area contributed by atoms with Crippen LogP contribution in [-0.2, 0) is 0 Å². The summed E-state index contributed by atoms with van der Waals surface area (Å²) in [4.78, 5) is 13.9. The molecule has 1 fully saturated rings. The molecule has 1 aliphatic rings. The van der Waals surface area contributed by atoms with Gasteiger partial charge in [0.25, 0.3) is 0 Å². The van der Waals surface area contributed by atoms with Crippen LogP contribution in [0.25, 0.3) is 11.2 Å². The maximum absolute atomic E-state index is 9.62. The third-order valence-electron chi connectivity index (χ3n) is 2.94. The molecule has 16 heavy (non-hydrogen) atoms. The predicted molar refractivity (Wildman–Crippen MR) is 61.3 cm³/mol. The minimum Gasteiger partial charge on any atom is -0.391 e. The molecule has 5 nitrogen and oxygen atoms in total. The average molecular weight is 218 g/mol. The number of nitrogens with zero attached hydrogens (tertiary/aromatic N) is 3. The zero-order valence-corrected chi connectivity index (χ0v) is 8.93. The van der Waals surface area contributed by atoms with Gasteiger partial charge in [0, 0.05) is 19.3 Å². The number of pyridine rings is 1. The van der Waals surface area contributed by atoms with Gasteiger partial charge in [-0.2, -0.15) is 4.98 Å². The van der Waals surface area contributed by atoms with Gasteiger partial charge in [0.05, 0.1) is 11.6 Å². The number of β-amino-alcohol motifs (C(OH)–C–C–N with tert-alkyl or cyclic N) is 1. The summed E-state index contributed by atoms with van der Waals surface area (Å²) < 4.78 is 0. The van der Waals surface area contributed by atoms with Crippen LogP contribution in [0.15, 0.2) is 18.3 Å². The molecule has 0 aromatic carbocycles. The van der Waals surface area contributed by atoms with Crippen molar-refractivity contribution in [1.29, 1.82) is 0 Å². The molecular weight excluding hydrogens is 204 g/mol. The van der Waals surface area contributed by atoms with E-state index in [1.807, 2.05) is 12.1 Å². The summed E-state index contributed by atoms with van der Waals surface area (Å²) in [6.07, 6.45) is 3.38. The smallest absolute Gasteiger partial charge is 0.205 e. The van der Waals surface area contributed by atoms with Crippen LogP contribution in [0.5, 0.6) is 0 Å². The summed E-state index contributed by atoms with van der Waals surface area (Å²) in [6, 6.07) is 3.84. The highest BCUT2D eigenvalue weighted by molar-refractivity contribution is 5.73. The van der Waals surface area contributed by atoms with Gasteiger partial charge >= 0.3 is 0 Å². The number of imidazole rings is 1. The van der Waals surface area contributed by atoms with E-state index < -0.39 is 0 Å². The zero-order chi connectivity index (χ0) is 11.0. The van der Waals surface area contributed by atoms with Crippen molar-refractivity contribution >= 4 is 17.1 Å². The molecule has 1 aliphatic heterocycles. The molecule has 84 valence electrons. The lowest BCUT2D eigenvalue weighted by molar-refractivity contribution is 0.153. The number of rotatable bonds is 1. The number of aliphatic hydroxyl groups excluding tert-OH is 1. The first-order chi connectivity index (χ1) is 7.83. The monoisotopic (exact) mass is 218 g/mol. The van der Waals surface area contributed by atoms with E-state index in [1.165, 1.54) is 0 Å². The molecule has 0 spiro atoms. The van der Waals surface area contributed by atoms with Gasteiger partial charge in [-0.3, -0.25) is 0 Å². The second-order valence-electron chi connectivity index (χ2n) is 4.18. The minimum absolute atomic E-state index is 0.241. The molecule has 2 N–H and O–H groups in total. The molecule has 1 atom stereocenters. The Morgan fingerprint density at radius 3 is 3.25 bits per heavy atom. The van der Waals surface area contributed by atoms with Crippen molar-refractivity contribution in [2.75, 3.05) is 18.0 Å². The van der Waals surface area contributed by atoms with Gasteiger partial charge in [0.15, 0.2) is 5.65 Å². The fraction of sp³-hybridized carbons (Fsp3) is 0.455. The van der Waals surface area contributed by atoms with Crippen LogP contribution in [0.1, 0.15) is 12.8 Å². The lowest BCUT2D eigenvalue weighted by Crippen LogP contribution is -2.38. The number of aromatic amines is 1. The quantitative estimate of drug-likeness (QED) is 0.747. The standard InChI is InChI=1S/C11H14N4O/c16-8-3-2-6-15(7-8)11-13-9-4-1-5-12-10(9)14-11/h1,4-5,8,16H,2-3,6-7H2,(H,12,13,14)/t8-/m1/s1. The molecule has 3 heterocycles. The van der Waals surface area contributed by atoms with E-state index in [2.05, 4.69) is 19.9 Å². The highest BCUT2D eigenvalue weighted by Gasteiger charge is 2.20. The highest BCUT2D eigenvalue weighted by atomic mass is 16.3. The number of piperidine rings is 1. The topological polar surface area (TPSA) is 65.0 Å². The van der Waals surface area contributed by atoms with Crippen LogP contribution in [-0.4, -0.2) is 39.3 Å². The average Bonchev–Trinajstić information content (AvgIpc) is 2.72. The number of aliphatic hydroxyl groups is 1. The van der Waals surface area contributed by atoms with E-state index in [-0.39, 0.29) is 6.10 Å². The maximum Gasteiger partial charge on any atom is 0.205 e. The molecule has 5 heteroatoms. The van der Waals surface area contributed by atoms with Crippen molar-refractivity contribution < 1.29 is 5.11 Å². The Morgan fingerprint density at radius 2 is 2.44 bits per heavy atom. The van der Waals surface area contributed by atoms with Crippen LogP contribution in [0.2, 0.25) is 0 Å². The molecule has 2 aromatic heterocycles. The van der Waals surface area contributed by atoms with Crippen molar-refractivity contribution in [3.05, 3.63) is 18.3 Å². The van der Waals surface area contributed by atoms with Crippen LogP contribution in [0, 0.1) is 0 Å². The van der Waals surface area contributed by atoms with E-state index in [0.29, 0.717) is 6.54 Å². The van der Waals surface area contributed by atoms with E-state index in [4.69, 9.17) is 0 Å². The number of aromatic nitrogens is 3. The Balaban J connectivity index is 1.93. The number of hydrogen-bond acceptors (Lipinski definition) is 4. The molecule has 0 unspecified atom stereocenters. The van der Waals surface area contributed by atoms with Gasteiger partial charge in [0.1, 0.15) is 0 Å². The number of hydrogen-bond donors (Lipinski definition) is 2. The molecule has 0 radical (unpaired) electrons. The first kappa shape index (κ1) is 9.59. The first-order valence-corrected chi connectivity index (χ1v) is 5.57. The van der Waals surface area contributed by atoms with E-state index >= 15 is 0 Å². The van der Waals surface area contributed by atoms with Crippen molar-refractivity contribution in [3.63, 3.8) is 0 Å². The van der Waals surface area contributed by atoms with Gasteiger partial charge in [0.2, 0.25) is 5.95 Å². The Labute approximate surface area is 93.1 Å². The summed E-state index contributed by atoms with van der Waals surface area (Å²) >= 11 is 0. The molecule has 2 aromatic rings. The number of nitrogens with one attached hydrogen (secondary N) is 1. The van der Waals surface area contributed by atoms with Crippen LogP contribution in [0.4, 0.5) is 5.95 Å². The van der Waals surface area contributed by atoms with Gasteiger partial charge in [-0.25, -0.2) is 4.98 Å². The van der Waals surface area contributed by atoms with E-state index in [9.17, 15) is 5.11 Å². The van der Waals surface area contributed by atoms with Gasteiger partial charge in [-0.15, -0.1) is 0 Å². The largest absolute Gasteiger partial charge is 0.391 e. The van der Waals surface area contributed by atoms with Crippen molar-refractivity contribution in [2.45, 2.75) is 18.9 Å². The fourth-order valence-corrected chi connectivity index (χ4v) is 2.13. The summed E-state index contributed by atoms with van der Waals surface area (Å²) in [7, 11) is 0. The molecule has 0 aliphatic carbocycles. The van der Waals surface area contributed by atoms with Crippen molar-refractivity contribution in [3.8, 4) is 0 Å². The molecule has 3 rings (SSSR count). The first-order valence-electron chi connectivity index (χ1n) is 5.57. The van der Waals surface area contributed by atoms with E-state index in [1.54, 1.807) is 6.20 Å². The predicted octanol–water partition coefficient (Wildman–Crippen LogP) is 0.919.